The van der Waals surface area contributed by atoms with Gasteiger partial charge in [-0.25, -0.2) is 4.68 Å². The highest BCUT2D eigenvalue weighted by Gasteiger charge is 1.98. The fourth-order valence-electron chi connectivity index (χ4n) is 0.996. The number of Topliss-reactive ketones (excluding diaryl/α,β-unsaturated/α-hetero) is 1. The number of nitrogens with zero attached hydrogens (tertiary/aromatic N) is 3. The molecule has 1 heterocycles. The van der Waals surface area contributed by atoms with Crippen LogP contribution in [0.15, 0.2) is 6.20 Å². The third-order valence-electron chi connectivity index (χ3n) is 1.81. The van der Waals surface area contributed by atoms with Crippen molar-refractivity contribution in [3.8, 4) is 0 Å². The molecule has 0 fully saturated rings. The van der Waals surface area contributed by atoms with Crippen LogP contribution in [0.2, 0.25) is 0 Å². The molecule has 0 saturated carbocycles. The van der Waals surface area contributed by atoms with Crippen molar-refractivity contribution >= 4 is 5.78 Å². The van der Waals surface area contributed by atoms with Crippen molar-refractivity contribution in [2.75, 3.05) is 13.2 Å². The highest BCUT2D eigenvalue weighted by molar-refractivity contribution is 5.75. The van der Waals surface area contributed by atoms with Crippen molar-refractivity contribution in [2.45, 2.75) is 40.3 Å². The van der Waals surface area contributed by atoms with Crippen molar-refractivity contribution in [3.05, 3.63) is 11.9 Å². The lowest BCUT2D eigenvalue weighted by Gasteiger charge is -2.01. The summed E-state index contributed by atoms with van der Waals surface area (Å²) in [5.41, 5.74) is 0.540. The van der Waals surface area contributed by atoms with E-state index in [-0.39, 0.29) is 12.4 Å². The zero-order valence-electron chi connectivity index (χ0n) is 10.7. The minimum atomic E-state index is -0.106. The predicted octanol–water partition coefficient (Wildman–Crippen LogP) is 0.792. The summed E-state index contributed by atoms with van der Waals surface area (Å²) in [6.45, 7) is 6.93. The zero-order valence-corrected chi connectivity index (χ0v) is 10.7. The van der Waals surface area contributed by atoms with Gasteiger partial charge in [-0.3, -0.25) is 4.79 Å². The van der Waals surface area contributed by atoms with E-state index < -0.39 is 0 Å². The second-order valence-corrected chi connectivity index (χ2v) is 3.20. The average Bonchev–Trinajstić information content (AvgIpc) is 2.79. The molecule has 1 rings (SSSR count). The van der Waals surface area contributed by atoms with Crippen LogP contribution in [0.3, 0.4) is 0 Å². The summed E-state index contributed by atoms with van der Waals surface area (Å²) in [5, 5.41) is 16.2. The van der Waals surface area contributed by atoms with Crippen LogP contribution in [0.25, 0.3) is 0 Å². The predicted molar refractivity (Wildman–Crippen MR) is 63.4 cm³/mol. The van der Waals surface area contributed by atoms with Gasteiger partial charge >= 0.3 is 0 Å². The van der Waals surface area contributed by atoms with Crippen molar-refractivity contribution in [1.82, 2.24) is 15.0 Å². The van der Waals surface area contributed by atoms with Crippen LogP contribution in [0.1, 0.15) is 32.9 Å². The molecule has 0 aliphatic carbocycles. The molecule has 0 unspecified atom stereocenters. The van der Waals surface area contributed by atoms with Crippen molar-refractivity contribution in [1.29, 1.82) is 0 Å². The molecule has 1 aromatic rings. The second-order valence-electron chi connectivity index (χ2n) is 3.20. The van der Waals surface area contributed by atoms with Crippen LogP contribution in [-0.4, -0.2) is 39.1 Å². The number of carbonyl (C=O) groups excluding carboxylic acids is 1. The molecule has 0 aromatic carbocycles. The fourth-order valence-corrected chi connectivity index (χ4v) is 0.996. The average molecular weight is 243 g/mol. The first-order chi connectivity index (χ1) is 8.22. The monoisotopic (exact) mass is 243 g/mol. The number of aromatic nitrogens is 3. The van der Waals surface area contributed by atoms with Crippen molar-refractivity contribution in [3.63, 3.8) is 0 Å². The fraction of sp³-hybridized carbons (Fsp3) is 0.727. The first kappa shape index (κ1) is 15.7. The van der Waals surface area contributed by atoms with Crippen LogP contribution in [0, 0.1) is 0 Å². The molecule has 0 amide bonds. The lowest BCUT2D eigenvalue weighted by molar-refractivity contribution is -0.118. The molecule has 0 bridgehead atoms. The van der Waals surface area contributed by atoms with Crippen molar-refractivity contribution < 1.29 is 14.6 Å². The number of aliphatic hydroxyl groups excluding tert-OH is 1. The van der Waals surface area contributed by atoms with Crippen LogP contribution in [0.4, 0.5) is 0 Å². The van der Waals surface area contributed by atoms with Gasteiger partial charge in [0, 0.05) is 6.42 Å². The Morgan fingerprint density at radius 2 is 2.18 bits per heavy atom. The summed E-state index contributed by atoms with van der Waals surface area (Å²) in [6, 6.07) is 0. The van der Waals surface area contributed by atoms with E-state index in [0.29, 0.717) is 31.9 Å². The highest BCUT2D eigenvalue weighted by Crippen LogP contribution is 1.92. The molecular formula is C11H21N3O3. The lowest BCUT2D eigenvalue weighted by atomic mass is 10.3. The summed E-state index contributed by atoms with van der Waals surface area (Å²) < 4.78 is 6.82. The molecule has 0 aliphatic heterocycles. The molecule has 0 radical (unpaired) electrons. The number of hydrogen-bond donors (Lipinski definition) is 1. The van der Waals surface area contributed by atoms with Gasteiger partial charge in [-0.05, 0) is 6.92 Å². The SMILES string of the molecule is CC.CC(=O)CCOCCn1cc(CO)nn1. The summed E-state index contributed by atoms with van der Waals surface area (Å²) >= 11 is 0. The van der Waals surface area contributed by atoms with Gasteiger partial charge in [0.1, 0.15) is 11.5 Å². The Morgan fingerprint density at radius 3 is 2.71 bits per heavy atom. The molecule has 0 atom stereocenters. The van der Waals surface area contributed by atoms with E-state index in [4.69, 9.17) is 9.84 Å². The Balaban J connectivity index is 0.00000121. The van der Waals surface area contributed by atoms with E-state index in [2.05, 4.69) is 10.3 Å². The summed E-state index contributed by atoms with van der Waals surface area (Å²) in [4.78, 5) is 10.6. The van der Waals surface area contributed by atoms with Gasteiger partial charge < -0.3 is 9.84 Å². The third kappa shape index (κ3) is 7.59. The van der Waals surface area contributed by atoms with Gasteiger partial charge in [-0.1, -0.05) is 19.1 Å². The number of hydrogen-bond acceptors (Lipinski definition) is 5. The van der Waals surface area contributed by atoms with E-state index in [9.17, 15) is 4.79 Å². The first-order valence-electron chi connectivity index (χ1n) is 5.79. The number of rotatable bonds is 7. The van der Waals surface area contributed by atoms with Crippen LogP contribution in [0.5, 0.6) is 0 Å². The zero-order chi connectivity index (χ0) is 13.1. The first-order valence-corrected chi connectivity index (χ1v) is 5.79. The van der Waals surface area contributed by atoms with Gasteiger partial charge in [0.2, 0.25) is 0 Å². The number of carbonyl (C=O) groups is 1. The number of ether oxygens (including phenoxy) is 1. The van der Waals surface area contributed by atoms with Gasteiger partial charge in [0.25, 0.3) is 0 Å². The van der Waals surface area contributed by atoms with Gasteiger partial charge in [-0.2, -0.15) is 0 Å². The smallest absolute Gasteiger partial charge is 0.132 e. The van der Waals surface area contributed by atoms with E-state index in [1.807, 2.05) is 13.8 Å². The molecule has 0 spiro atoms. The third-order valence-corrected chi connectivity index (χ3v) is 1.81. The minimum absolute atomic E-state index is 0.106. The van der Waals surface area contributed by atoms with Crippen LogP contribution < -0.4 is 0 Å². The van der Waals surface area contributed by atoms with Gasteiger partial charge in [-0.15, -0.1) is 5.10 Å². The molecule has 1 aromatic heterocycles. The summed E-state index contributed by atoms with van der Waals surface area (Å²) in [6.07, 6.45) is 2.10. The Bertz CT molecular complexity index is 313. The normalized spacial score (nSPS) is 9.65. The Hall–Kier alpha value is -1.27. The van der Waals surface area contributed by atoms with Gasteiger partial charge in [0.05, 0.1) is 32.6 Å². The second kappa shape index (κ2) is 9.92. The molecule has 17 heavy (non-hydrogen) atoms. The van der Waals surface area contributed by atoms with E-state index >= 15 is 0 Å². The largest absolute Gasteiger partial charge is 0.390 e. The van der Waals surface area contributed by atoms with Gasteiger partial charge in [0.15, 0.2) is 0 Å². The summed E-state index contributed by atoms with van der Waals surface area (Å²) in [5.74, 6) is 0.123. The quantitative estimate of drug-likeness (QED) is 0.716. The molecule has 6 heteroatoms. The molecular weight excluding hydrogens is 222 g/mol. The Labute approximate surface area is 102 Å². The summed E-state index contributed by atoms with van der Waals surface area (Å²) in [7, 11) is 0. The minimum Gasteiger partial charge on any atom is -0.390 e. The van der Waals surface area contributed by atoms with E-state index in [1.54, 1.807) is 10.9 Å². The van der Waals surface area contributed by atoms with E-state index in [0.717, 1.165) is 0 Å². The van der Waals surface area contributed by atoms with Crippen LogP contribution >= 0.6 is 0 Å². The molecule has 0 aliphatic rings. The molecule has 1 N–H and O–H groups in total. The Morgan fingerprint density at radius 1 is 1.47 bits per heavy atom. The standard InChI is InChI=1S/C9H15N3O3.C2H6/c1-8(14)2-4-15-5-3-12-6-9(7-13)10-11-12;1-2/h6,13H,2-5,7H2,1H3;1-2H3. The van der Waals surface area contributed by atoms with E-state index in [1.165, 1.54) is 6.92 Å². The highest BCUT2D eigenvalue weighted by atomic mass is 16.5. The maximum absolute atomic E-state index is 10.6. The molecule has 0 saturated heterocycles. The molecule has 98 valence electrons. The maximum Gasteiger partial charge on any atom is 0.132 e. The number of ketones is 1. The van der Waals surface area contributed by atoms with Crippen LogP contribution in [-0.2, 0) is 22.7 Å². The molecule has 6 nitrogen and oxygen atoms in total. The maximum atomic E-state index is 10.6. The topological polar surface area (TPSA) is 77.2 Å². The van der Waals surface area contributed by atoms with Crippen molar-refractivity contribution in [2.24, 2.45) is 0 Å². The Kier molecular flexibility index (Phi) is 9.18. The number of aliphatic hydroxyl groups is 1. The lowest BCUT2D eigenvalue weighted by Crippen LogP contribution is -2.08.